The number of amides is 1. The fourth-order valence-corrected chi connectivity index (χ4v) is 1.86. The molecule has 2 aromatic rings. The first kappa shape index (κ1) is 16.4. The lowest BCUT2D eigenvalue weighted by atomic mass is 10.2. The number of anilines is 1. The average Bonchev–Trinajstić information content (AvgIpc) is 2.59. The molecule has 0 saturated carbocycles. The number of nitrogens with one attached hydrogen (secondary N) is 1. The molecule has 1 amide bonds. The summed E-state index contributed by atoms with van der Waals surface area (Å²) in [6.45, 7) is -0.382. The predicted octanol–water partition coefficient (Wildman–Crippen LogP) is 2.50. The van der Waals surface area contributed by atoms with Gasteiger partial charge < -0.3 is 19.5 Å². The highest BCUT2D eigenvalue weighted by molar-refractivity contribution is 5.95. The maximum Gasteiger partial charge on any atom is 0.338 e. The summed E-state index contributed by atoms with van der Waals surface area (Å²) in [6, 6.07) is 13.4. The van der Waals surface area contributed by atoms with Crippen LogP contribution in [-0.2, 0) is 9.53 Å². The number of benzene rings is 2. The fourth-order valence-electron chi connectivity index (χ4n) is 1.86. The van der Waals surface area contributed by atoms with Crippen LogP contribution in [0.1, 0.15) is 10.4 Å². The van der Waals surface area contributed by atoms with Gasteiger partial charge in [-0.1, -0.05) is 12.1 Å². The number of carbonyl (C=O) groups excluding carboxylic acids is 2. The second-order valence-corrected chi connectivity index (χ2v) is 4.59. The van der Waals surface area contributed by atoms with E-state index in [4.69, 9.17) is 14.2 Å². The van der Waals surface area contributed by atoms with E-state index in [1.165, 1.54) is 14.2 Å². The van der Waals surface area contributed by atoms with Crippen molar-refractivity contribution in [1.29, 1.82) is 0 Å². The Morgan fingerprint density at radius 3 is 2.30 bits per heavy atom. The molecule has 0 unspecified atom stereocenters. The highest BCUT2D eigenvalue weighted by atomic mass is 16.5. The van der Waals surface area contributed by atoms with E-state index in [9.17, 15) is 9.59 Å². The summed E-state index contributed by atoms with van der Waals surface area (Å²) in [5.41, 5.74) is 0.880. The molecule has 0 spiro atoms. The number of methoxy groups -OCH3 is 2. The van der Waals surface area contributed by atoms with Gasteiger partial charge in [-0.2, -0.15) is 0 Å². The third kappa shape index (κ3) is 4.74. The van der Waals surface area contributed by atoms with E-state index in [0.717, 1.165) is 0 Å². The largest absolute Gasteiger partial charge is 0.497 e. The number of hydrogen-bond donors (Lipinski definition) is 1. The molecule has 0 atom stereocenters. The fraction of sp³-hybridized carbons (Fsp3) is 0.176. The third-order valence-corrected chi connectivity index (χ3v) is 2.99. The maximum absolute atomic E-state index is 11.9. The molecule has 0 aliphatic heterocycles. The Kier molecular flexibility index (Phi) is 5.57. The minimum Gasteiger partial charge on any atom is -0.497 e. The first-order valence-corrected chi connectivity index (χ1v) is 6.87. The van der Waals surface area contributed by atoms with Crippen molar-refractivity contribution in [1.82, 2.24) is 0 Å². The lowest BCUT2D eigenvalue weighted by Crippen LogP contribution is -2.20. The second-order valence-electron chi connectivity index (χ2n) is 4.59. The molecule has 1 N–H and O–H groups in total. The predicted molar refractivity (Wildman–Crippen MR) is 84.9 cm³/mol. The van der Waals surface area contributed by atoms with Gasteiger partial charge in [0.1, 0.15) is 11.5 Å². The van der Waals surface area contributed by atoms with Crippen LogP contribution in [0.15, 0.2) is 48.5 Å². The summed E-state index contributed by atoms with van der Waals surface area (Å²) >= 11 is 0. The average molecular weight is 315 g/mol. The molecule has 0 heterocycles. The highest BCUT2D eigenvalue weighted by Crippen LogP contribution is 2.17. The SMILES string of the molecule is COc1cccc(NC(=O)COC(=O)c2cccc(OC)c2)c1. The smallest absolute Gasteiger partial charge is 0.338 e. The summed E-state index contributed by atoms with van der Waals surface area (Å²) in [4.78, 5) is 23.7. The molecule has 0 aliphatic carbocycles. The van der Waals surface area contributed by atoms with Crippen molar-refractivity contribution < 1.29 is 23.8 Å². The quantitative estimate of drug-likeness (QED) is 0.829. The van der Waals surface area contributed by atoms with Crippen molar-refractivity contribution in [3.05, 3.63) is 54.1 Å². The van der Waals surface area contributed by atoms with Crippen molar-refractivity contribution >= 4 is 17.6 Å². The summed E-state index contributed by atoms with van der Waals surface area (Å²) in [7, 11) is 3.04. The molecule has 0 fully saturated rings. The molecule has 0 aromatic heterocycles. The van der Waals surface area contributed by atoms with Gasteiger partial charge in [0.2, 0.25) is 0 Å². The number of esters is 1. The van der Waals surface area contributed by atoms with Crippen molar-refractivity contribution in [2.75, 3.05) is 26.1 Å². The standard InChI is InChI=1S/C17H17NO5/c1-21-14-7-3-5-12(9-14)17(20)23-11-16(19)18-13-6-4-8-15(10-13)22-2/h3-10H,11H2,1-2H3,(H,18,19). The zero-order chi connectivity index (χ0) is 16.7. The molecule has 6 heteroatoms. The zero-order valence-corrected chi connectivity index (χ0v) is 12.9. The molecule has 2 rings (SSSR count). The molecule has 0 aliphatic rings. The molecule has 0 radical (unpaired) electrons. The highest BCUT2D eigenvalue weighted by Gasteiger charge is 2.11. The van der Waals surface area contributed by atoms with Gasteiger partial charge in [-0.05, 0) is 30.3 Å². The van der Waals surface area contributed by atoms with Crippen molar-refractivity contribution in [2.24, 2.45) is 0 Å². The minimum atomic E-state index is -0.593. The Labute approximate surface area is 134 Å². The van der Waals surface area contributed by atoms with Gasteiger partial charge in [0, 0.05) is 11.8 Å². The van der Waals surface area contributed by atoms with Crippen LogP contribution in [0.4, 0.5) is 5.69 Å². The lowest BCUT2D eigenvalue weighted by Gasteiger charge is -2.08. The Balaban J connectivity index is 1.89. The van der Waals surface area contributed by atoms with Gasteiger partial charge in [0.25, 0.3) is 5.91 Å². The Bertz CT molecular complexity index is 699. The lowest BCUT2D eigenvalue weighted by molar-refractivity contribution is -0.119. The van der Waals surface area contributed by atoms with E-state index in [0.29, 0.717) is 22.7 Å². The molecule has 0 saturated heterocycles. The van der Waals surface area contributed by atoms with Crippen LogP contribution in [-0.4, -0.2) is 32.7 Å². The Morgan fingerprint density at radius 2 is 1.61 bits per heavy atom. The van der Waals surface area contributed by atoms with E-state index in [-0.39, 0.29) is 6.61 Å². The first-order chi connectivity index (χ1) is 11.1. The van der Waals surface area contributed by atoms with Gasteiger partial charge in [0.15, 0.2) is 6.61 Å². The van der Waals surface area contributed by atoms with E-state index in [2.05, 4.69) is 5.32 Å². The molecule has 2 aromatic carbocycles. The van der Waals surface area contributed by atoms with Gasteiger partial charge in [0.05, 0.1) is 19.8 Å². The van der Waals surface area contributed by atoms with E-state index in [1.54, 1.807) is 48.5 Å². The Hall–Kier alpha value is -3.02. The number of hydrogen-bond acceptors (Lipinski definition) is 5. The summed E-state index contributed by atoms with van der Waals surface area (Å²) < 4.78 is 15.1. The first-order valence-electron chi connectivity index (χ1n) is 6.87. The van der Waals surface area contributed by atoms with Crippen molar-refractivity contribution in [3.63, 3.8) is 0 Å². The van der Waals surface area contributed by atoms with Crippen LogP contribution in [0.3, 0.4) is 0 Å². The van der Waals surface area contributed by atoms with Crippen LogP contribution in [0.5, 0.6) is 11.5 Å². The van der Waals surface area contributed by atoms with Crippen molar-refractivity contribution in [3.8, 4) is 11.5 Å². The molecule has 120 valence electrons. The van der Waals surface area contributed by atoms with E-state index >= 15 is 0 Å². The molecular weight excluding hydrogens is 298 g/mol. The molecular formula is C17H17NO5. The number of carbonyl (C=O) groups is 2. The Morgan fingerprint density at radius 1 is 0.957 bits per heavy atom. The third-order valence-electron chi connectivity index (χ3n) is 2.99. The summed E-state index contributed by atoms with van der Waals surface area (Å²) in [5.74, 6) is 0.135. The summed E-state index contributed by atoms with van der Waals surface area (Å²) in [6.07, 6.45) is 0. The van der Waals surface area contributed by atoms with Crippen LogP contribution < -0.4 is 14.8 Å². The van der Waals surface area contributed by atoms with E-state index < -0.39 is 11.9 Å². The molecule has 23 heavy (non-hydrogen) atoms. The van der Waals surface area contributed by atoms with Gasteiger partial charge in [-0.25, -0.2) is 4.79 Å². The number of ether oxygens (including phenoxy) is 3. The molecule has 0 bridgehead atoms. The van der Waals surface area contributed by atoms with Crippen LogP contribution in [0, 0.1) is 0 Å². The zero-order valence-electron chi connectivity index (χ0n) is 12.9. The second kappa shape index (κ2) is 7.84. The van der Waals surface area contributed by atoms with Crippen LogP contribution in [0.25, 0.3) is 0 Å². The van der Waals surface area contributed by atoms with E-state index in [1.807, 2.05) is 0 Å². The van der Waals surface area contributed by atoms with Crippen molar-refractivity contribution in [2.45, 2.75) is 0 Å². The van der Waals surface area contributed by atoms with Gasteiger partial charge in [-0.15, -0.1) is 0 Å². The monoisotopic (exact) mass is 315 g/mol. The molecule has 6 nitrogen and oxygen atoms in total. The minimum absolute atomic E-state index is 0.318. The van der Waals surface area contributed by atoms with Crippen LogP contribution >= 0.6 is 0 Å². The summed E-state index contributed by atoms with van der Waals surface area (Å²) in [5, 5.41) is 2.63. The van der Waals surface area contributed by atoms with Crippen LogP contribution in [0.2, 0.25) is 0 Å². The topological polar surface area (TPSA) is 73.9 Å². The number of rotatable bonds is 6. The van der Waals surface area contributed by atoms with Gasteiger partial charge in [-0.3, -0.25) is 4.79 Å². The van der Waals surface area contributed by atoms with Gasteiger partial charge >= 0.3 is 5.97 Å². The maximum atomic E-state index is 11.9. The normalized spacial score (nSPS) is 9.83.